The summed E-state index contributed by atoms with van der Waals surface area (Å²) in [6.07, 6.45) is 1.83. The molecule has 10 rings (SSSR count). The lowest BCUT2D eigenvalue weighted by atomic mass is 10.00. The lowest BCUT2D eigenvalue weighted by Gasteiger charge is -2.10. The Balaban J connectivity index is 0.945. The van der Waals surface area contributed by atoms with Gasteiger partial charge in [0.15, 0.2) is 17.5 Å². The van der Waals surface area contributed by atoms with Crippen molar-refractivity contribution in [3.63, 3.8) is 0 Å². The number of benzene rings is 6. The minimum Gasteiger partial charge on any atom is -0.256 e. The maximum Gasteiger partial charge on any atom is 0.164 e. The highest BCUT2D eigenvalue weighted by Gasteiger charge is 2.13. The number of hydrogen-bond donors (Lipinski definition) is 0. The molecule has 0 radical (unpaired) electrons. The monoisotopic (exact) mass is 690 g/mol. The summed E-state index contributed by atoms with van der Waals surface area (Å²) in [5.41, 5.74) is 11.7. The average Bonchev–Trinajstić information content (AvgIpc) is 3.26. The van der Waals surface area contributed by atoms with Crippen LogP contribution in [0, 0.1) is 0 Å². The van der Waals surface area contributed by atoms with Gasteiger partial charge >= 0.3 is 0 Å². The van der Waals surface area contributed by atoms with Crippen LogP contribution in [0.4, 0.5) is 0 Å². The number of pyridine rings is 3. The molecule has 10 aromatic rings. The van der Waals surface area contributed by atoms with Crippen LogP contribution >= 0.6 is 0 Å². The van der Waals surface area contributed by atoms with Gasteiger partial charge in [0.2, 0.25) is 0 Å². The normalized spacial score (nSPS) is 11.3. The standard InChI is InChI=1S/C48H30N6/c1-3-9-34(10-4-1)46-52-47(35-11-5-2-6-12-35)54-48(53-46)36-19-16-31(17-20-36)41-26-24-39-29-37(23-25-42(39)50-41)38-21-18-32-22-27-43(51-44(32)30-38)40-15-7-13-33-14-8-28-49-45(33)40/h1-30H. The van der Waals surface area contributed by atoms with Gasteiger partial charge in [-0.3, -0.25) is 4.98 Å². The molecule has 0 N–H and O–H groups in total. The second-order valence-corrected chi connectivity index (χ2v) is 13.2. The fourth-order valence-corrected chi connectivity index (χ4v) is 6.95. The van der Waals surface area contributed by atoms with Gasteiger partial charge in [-0.1, -0.05) is 140 Å². The van der Waals surface area contributed by atoms with Crippen molar-refractivity contribution < 1.29 is 0 Å². The molecule has 0 bridgehead atoms. The van der Waals surface area contributed by atoms with Crippen LogP contribution in [0.5, 0.6) is 0 Å². The van der Waals surface area contributed by atoms with E-state index in [1.807, 2.05) is 72.9 Å². The van der Waals surface area contributed by atoms with Crippen molar-refractivity contribution in [3.05, 3.63) is 182 Å². The molecule has 0 saturated carbocycles. The SMILES string of the molecule is c1ccc(-c2nc(-c3ccccc3)nc(-c3ccc(-c4ccc5cc(-c6ccc7ccc(-c8cccc9cccnc89)nc7c6)ccc5n4)cc3)n2)cc1. The fourth-order valence-electron chi connectivity index (χ4n) is 6.95. The van der Waals surface area contributed by atoms with Crippen molar-refractivity contribution >= 4 is 32.7 Å². The Bertz CT molecular complexity index is 2920. The first-order valence-corrected chi connectivity index (χ1v) is 17.9. The number of aromatic nitrogens is 6. The largest absolute Gasteiger partial charge is 0.256 e. The van der Waals surface area contributed by atoms with E-state index in [0.29, 0.717) is 17.5 Å². The smallest absolute Gasteiger partial charge is 0.164 e. The lowest BCUT2D eigenvalue weighted by Crippen LogP contribution is -2.00. The summed E-state index contributed by atoms with van der Waals surface area (Å²) in [5.74, 6) is 1.91. The predicted molar refractivity (Wildman–Crippen MR) is 218 cm³/mol. The summed E-state index contributed by atoms with van der Waals surface area (Å²) >= 11 is 0. The maximum absolute atomic E-state index is 5.09. The Morgan fingerprint density at radius 1 is 0.296 bits per heavy atom. The lowest BCUT2D eigenvalue weighted by molar-refractivity contribution is 1.07. The van der Waals surface area contributed by atoms with Crippen LogP contribution in [0.1, 0.15) is 0 Å². The van der Waals surface area contributed by atoms with Gasteiger partial charge < -0.3 is 0 Å². The molecule has 0 aliphatic heterocycles. The van der Waals surface area contributed by atoms with Crippen LogP contribution in [0.2, 0.25) is 0 Å². The number of rotatable bonds is 6. The second kappa shape index (κ2) is 13.3. The molecule has 0 amide bonds. The van der Waals surface area contributed by atoms with Crippen LogP contribution in [0.15, 0.2) is 182 Å². The topological polar surface area (TPSA) is 77.3 Å². The maximum atomic E-state index is 5.09. The zero-order valence-corrected chi connectivity index (χ0v) is 29.0. The van der Waals surface area contributed by atoms with Crippen molar-refractivity contribution in [2.75, 3.05) is 0 Å². The molecule has 0 unspecified atom stereocenters. The van der Waals surface area contributed by atoms with E-state index in [2.05, 4.69) is 114 Å². The van der Waals surface area contributed by atoms with E-state index < -0.39 is 0 Å². The Kier molecular flexibility index (Phi) is 7.69. The van der Waals surface area contributed by atoms with Gasteiger partial charge in [0.05, 0.1) is 27.9 Å². The van der Waals surface area contributed by atoms with E-state index in [1.54, 1.807) is 0 Å². The molecule has 0 aliphatic rings. The van der Waals surface area contributed by atoms with E-state index in [-0.39, 0.29) is 0 Å². The number of para-hydroxylation sites is 1. The molecule has 6 aromatic carbocycles. The van der Waals surface area contributed by atoms with Gasteiger partial charge in [0.1, 0.15) is 0 Å². The van der Waals surface area contributed by atoms with Gasteiger partial charge in [-0.05, 0) is 47.5 Å². The molecule has 252 valence electrons. The summed E-state index contributed by atoms with van der Waals surface area (Å²) in [4.78, 5) is 29.4. The molecule has 6 heteroatoms. The van der Waals surface area contributed by atoms with E-state index in [4.69, 9.17) is 24.9 Å². The first-order chi connectivity index (χ1) is 26.7. The fraction of sp³-hybridized carbons (Fsp3) is 0. The Labute approximate surface area is 311 Å². The minimum absolute atomic E-state index is 0.624. The summed E-state index contributed by atoms with van der Waals surface area (Å²) in [6.45, 7) is 0. The van der Waals surface area contributed by atoms with E-state index in [1.165, 1.54) is 0 Å². The van der Waals surface area contributed by atoms with Crippen molar-refractivity contribution in [1.29, 1.82) is 0 Å². The van der Waals surface area contributed by atoms with Crippen LogP contribution in [0.3, 0.4) is 0 Å². The Morgan fingerprint density at radius 3 is 1.59 bits per heavy atom. The van der Waals surface area contributed by atoms with E-state index in [9.17, 15) is 0 Å². The molecule has 4 heterocycles. The van der Waals surface area contributed by atoms with Crippen LogP contribution in [-0.2, 0) is 0 Å². The van der Waals surface area contributed by atoms with Crippen LogP contribution in [0.25, 0.3) is 101 Å². The first kappa shape index (κ1) is 31.3. The number of fused-ring (bicyclic) bond motifs is 3. The highest BCUT2D eigenvalue weighted by atomic mass is 15.0. The van der Waals surface area contributed by atoms with Crippen molar-refractivity contribution in [2.45, 2.75) is 0 Å². The molecule has 4 aromatic heterocycles. The summed E-state index contributed by atoms with van der Waals surface area (Å²) in [5, 5.41) is 3.27. The van der Waals surface area contributed by atoms with Crippen molar-refractivity contribution in [2.24, 2.45) is 0 Å². The third-order valence-electron chi connectivity index (χ3n) is 9.76. The quantitative estimate of drug-likeness (QED) is 0.173. The highest BCUT2D eigenvalue weighted by Crippen LogP contribution is 2.32. The zero-order chi connectivity index (χ0) is 35.8. The average molecular weight is 691 g/mol. The summed E-state index contributed by atoms with van der Waals surface area (Å²) < 4.78 is 0. The van der Waals surface area contributed by atoms with Gasteiger partial charge in [0, 0.05) is 50.2 Å². The zero-order valence-electron chi connectivity index (χ0n) is 29.0. The molecule has 6 nitrogen and oxygen atoms in total. The van der Waals surface area contributed by atoms with Crippen LogP contribution in [-0.4, -0.2) is 29.9 Å². The molecule has 0 atom stereocenters. The third-order valence-corrected chi connectivity index (χ3v) is 9.76. The Morgan fingerprint density at radius 2 is 0.852 bits per heavy atom. The van der Waals surface area contributed by atoms with Crippen LogP contribution < -0.4 is 0 Å². The predicted octanol–water partition coefficient (Wildman–Crippen LogP) is 11.5. The Hall–Kier alpha value is -7.44. The molecule has 0 aliphatic carbocycles. The second-order valence-electron chi connectivity index (χ2n) is 13.2. The number of hydrogen-bond acceptors (Lipinski definition) is 6. The van der Waals surface area contributed by atoms with Gasteiger partial charge in [0.25, 0.3) is 0 Å². The van der Waals surface area contributed by atoms with Gasteiger partial charge in [-0.25, -0.2) is 24.9 Å². The molecular formula is C48H30N6. The van der Waals surface area contributed by atoms with Crippen molar-refractivity contribution in [1.82, 2.24) is 29.9 Å². The van der Waals surface area contributed by atoms with E-state index >= 15 is 0 Å². The number of nitrogens with zero attached hydrogens (tertiary/aromatic N) is 6. The molecular weight excluding hydrogens is 661 g/mol. The molecule has 0 fully saturated rings. The van der Waals surface area contributed by atoms with Crippen molar-refractivity contribution in [3.8, 4) is 67.8 Å². The molecule has 0 saturated heterocycles. The summed E-state index contributed by atoms with van der Waals surface area (Å²) in [7, 11) is 0. The van der Waals surface area contributed by atoms with Gasteiger partial charge in [-0.2, -0.15) is 0 Å². The van der Waals surface area contributed by atoms with E-state index in [0.717, 1.165) is 83.0 Å². The summed E-state index contributed by atoms with van der Waals surface area (Å²) in [6, 6.07) is 59.9. The highest BCUT2D eigenvalue weighted by molar-refractivity contribution is 5.95. The third kappa shape index (κ3) is 5.91. The minimum atomic E-state index is 0.624. The molecule has 54 heavy (non-hydrogen) atoms. The van der Waals surface area contributed by atoms with Gasteiger partial charge in [-0.15, -0.1) is 0 Å². The first-order valence-electron chi connectivity index (χ1n) is 17.9. The molecule has 0 spiro atoms.